The molecule has 0 bridgehead atoms. The third-order valence-corrected chi connectivity index (χ3v) is 2.09. The van der Waals surface area contributed by atoms with E-state index < -0.39 is 5.97 Å². The molecule has 2 nitrogen and oxygen atoms in total. The Labute approximate surface area is 72.6 Å². The van der Waals surface area contributed by atoms with Crippen molar-refractivity contribution in [3.8, 4) is 0 Å². The molecule has 0 spiro atoms. The predicted molar refractivity (Wildman–Crippen MR) is 47.9 cm³/mol. The lowest BCUT2D eigenvalue weighted by molar-refractivity contribution is -0.132. The summed E-state index contributed by atoms with van der Waals surface area (Å²) >= 11 is 0. The molecule has 0 atom stereocenters. The summed E-state index contributed by atoms with van der Waals surface area (Å²) in [6, 6.07) is 0. The number of hydrogen-bond acceptors (Lipinski definition) is 1. The molecule has 0 radical (unpaired) electrons. The van der Waals surface area contributed by atoms with E-state index in [0.717, 1.165) is 12.8 Å². The minimum Gasteiger partial charge on any atom is -0.478 e. The highest BCUT2D eigenvalue weighted by atomic mass is 16.4. The van der Waals surface area contributed by atoms with Gasteiger partial charge in [-0.15, -0.1) is 0 Å². The zero-order valence-electron chi connectivity index (χ0n) is 7.50. The van der Waals surface area contributed by atoms with Crippen molar-refractivity contribution in [3.05, 3.63) is 23.8 Å². The zero-order valence-corrected chi connectivity index (χ0v) is 7.50. The van der Waals surface area contributed by atoms with E-state index in [4.69, 9.17) is 5.11 Å². The Morgan fingerprint density at radius 3 is 2.75 bits per heavy atom. The monoisotopic (exact) mass is 166 g/mol. The molecule has 0 aromatic carbocycles. The molecule has 12 heavy (non-hydrogen) atoms. The molecule has 0 aliphatic heterocycles. The van der Waals surface area contributed by atoms with E-state index in [2.05, 4.69) is 13.8 Å². The molecule has 0 saturated heterocycles. The predicted octanol–water partition coefficient (Wildman–Crippen LogP) is 2.37. The quantitative estimate of drug-likeness (QED) is 0.649. The van der Waals surface area contributed by atoms with Gasteiger partial charge in [-0.25, -0.2) is 4.79 Å². The normalized spacial score (nSPS) is 21.3. The van der Waals surface area contributed by atoms with Gasteiger partial charge < -0.3 is 5.11 Å². The molecular weight excluding hydrogens is 152 g/mol. The molecule has 1 aliphatic carbocycles. The second-order valence-electron chi connectivity index (χ2n) is 3.94. The van der Waals surface area contributed by atoms with E-state index in [1.165, 1.54) is 0 Å². The molecule has 1 aliphatic rings. The van der Waals surface area contributed by atoms with Crippen molar-refractivity contribution in [3.63, 3.8) is 0 Å². The number of hydrogen-bond donors (Lipinski definition) is 1. The fourth-order valence-electron chi connectivity index (χ4n) is 1.20. The van der Waals surface area contributed by atoms with E-state index in [-0.39, 0.29) is 5.41 Å². The molecular formula is C10H14O2. The molecule has 0 saturated carbocycles. The van der Waals surface area contributed by atoms with Gasteiger partial charge in [0.2, 0.25) is 0 Å². The first-order valence-corrected chi connectivity index (χ1v) is 4.11. The first kappa shape index (κ1) is 9.04. The molecule has 0 fully saturated rings. The molecule has 0 amide bonds. The summed E-state index contributed by atoms with van der Waals surface area (Å²) in [4.78, 5) is 10.6. The first-order valence-electron chi connectivity index (χ1n) is 4.11. The second kappa shape index (κ2) is 3.13. The summed E-state index contributed by atoms with van der Waals surface area (Å²) in [6.45, 7) is 4.28. The van der Waals surface area contributed by atoms with Gasteiger partial charge in [0, 0.05) is 0 Å². The standard InChI is InChI=1S/C10H14O2/c1-10(2)6-3-4-8(5-7-10)9(11)12/h3-5H,6-7H2,1-2H3,(H,11,12). The van der Waals surface area contributed by atoms with Crippen molar-refractivity contribution in [1.29, 1.82) is 0 Å². The maximum absolute atomic E-state index is 10.6. The topological polar surface area (TPSA) is 37.3 Å². The fraction of sp³-hybridized carbons (Fsp3) is 0.500. The smallest absolute Gasteiger partial charge is 0.335 e. The maximum atomic E-state index is 10.6. The van der Waals surface area contributed by atoms with Crippen LogP contribution in [0.4, 0.5) is 0 Å². The number of allylic oxidation sites excluding steroid dienone is 2. The van der Waals surface area contributed by atoms with Gasteiger partial charge in [-0.1, -0.05) is 32.1 Å². The van der Waals surface area contributed by atoms with Gasteiger partial charge in [0.1, 0.15) is 0 Å². The summed E-state index contributed by atoms with van der Waals surface area (Å²) in [5.41, 5.74) is 0.619. The van der Waals surface area contributed by atoms with Gasteiger partial charge in [-0.3, -0.25) is 0 Å². The average Bonchev–Trinajstić information content (AvgIpc) is 2.10. The third kappa shape index (κ3) is 2.22. The maximum Gasteiger partial charge on any atom is 0.335 e. The lowest BCUT2D eigenvalue weighted by atomic mass is 9.86. The number of rotatable bonds is 1. The molecule has 1 rings (SSSR count). The molecule has 0 heterocycles. The van der Waals surface area contributed by atoms with Gasteiger partial charge in [0.15, 0.2) is 0 Å². The van der Waals surface area contributed by atoms with E-state index in [9.17, 15) is 4.79 Å². The largest absolute Gasteiger partial charge is 0.478 e. The second-order valence-corrected chi connectivity index (χ2v) is 3.94. The Morgan fingerprint density at radius 2 is 2.17 bits per heavy atom. The Hall–Kier alpha value is -1.05. The van der Waals surface area contributed by atoms with Crippen molar-refractivity contribution in [2.24, 2.45) is 5.41 Å². The van der Waals surface area contributed by atoms with Gasteiger partial charge >= 0.3 is 5.97 Å². The van der Waals surface area contributed by atoms with Crippen LogP contribution in [0.3, 0.4) is 0 Å². The summed E-state index contributed by atoms with van der Waals surface area (Å²) in [5.74, 6) is -0.830. The molecule has 0 aromatic heterocycles. The number of carboxylic acids is 1. The molecule has 2 heteroatoms. The summed E-state index contributed by atoms with van der Waals surface area (Å²) in [7, 11) is 0. The third-order valence-electron chi connectivity index (χ3n) is 2.09. The van der Waals surface area contributed by atoms with Crippen LogP contribution in [0.2, 0.25) is 0 Å². The van der Waals surface area contributed by atoms with Crippen LogP contribution in [-0.4, -0.2) is 11.1 Å². The van der Waals surface area contributed by atoms with Gasteiger partial charge in [0.25, 0.3) is 0 Å². The first-order chi connectivity index (χ1) is 5.51. The average molecular weight is 166 g/mol. The number of carbonyl (C=O) groups is 1. The van der Waals surface area contributed by atoms with Gasteiger partial charge in [0.05, 0.1) is 5.57 Å². The van der Waals surface area contributed by atoms with E-state index in [1.807, 2.05) is 6.08 Å². The van der Waals surface area contributed by atoms with E-state index in [1.54, 1.807) is 12.2 Å². The molecule has 66 valence electrons. The number of aliphatic carboxylic acids is 1. The van der Waals surface area contributed by atoms with Crippen molar-refractivity contribution < 1.29 is 9.90 Å². The van der Waals surface area contributed by atoms with Gasteiger partial charge in [-0.2, -0.15) is 0 Å². The van der Waals surface area contributed by atoms with E-state index >= 15 is 0 Å². The summed E-state index contributed by atoms with van der Waals surface area (Å²) < 4.78 is 0. The van der Waals surface area contributed by atoms with Crippen molar-refractivity contribution in [1.82, 2.24) is 0 Å². The SMILES string of the molecule is CC1(C)CC=CC(C(=O)O)=CC1. The summed E-state index contributed by atoms with van der Waals surface area (Å²) in [6.07, 6.45) is 7.21. The highest BCUT2D eigenvalue weighted by Gasteiger charge is 2.18. The number of carboxylic acid groups (broad SMARTS) is 1. The Kier molecular flexibility index (Phi) is 2.36. The minimum absolute atomic E-state index is 0.202. The Bertz CT molecular complexity index is 247. The lowest BCUT2D eigenvalue weighted by Crippen LogP contribution is -2.07. The van der Waals surface area contributed by atoms with Crippen LogP contribution in [-0.2, 0) is 4.79 Å². The minimum atomic E-state index is -0.830. The molecule has 0 aromatic rings. The molecule has 1 N–H and O–H groups in total. The zero-order chi connectivity index (χ0) is 9.19. The Balaban J connectivity index is 2.81. The van der Waals surface area contributed by atoms with Crippen LogP contribution in [0.25, 0.3) is 0 Å². The van der Waals surface area contributed by atoms with Gasteiger partial charge in [-0.05, 0) is 18.3 Å². The highest BCUT2D eigenvalue weighted by Crippen LogP contribution is 2.29. The van der Waals surface area contributed by atoms with Crippen molar-refractivity contribution >= 4 is 5.97 Å². The van der Waals surface area contributed by atoms with Crippen LogP contribution in [0.1, 0.15) is 26.7 Å². The van der Waals surface area contributed by atoms with Crippen molar-refractivity contribution in [2.75, 3.05) is 0 Å². The summed E-state index contributed by atoms with van der Waals surface area (Å²) in [5, 5.41) is 8.71. The van der Waals surface area contributed by atoms with Crippen LogP contribution in [0.5, 0.6) is 0 Å². The fourth-order valence-corrected chi connectivity index (χ4v) is 1.20. The van der Waals surface area contributed by atoms with Crippen LogP contribution in [0, 0.1) is 5.41 Å². The Morgan fingerprint density at radius 1 is 1.50 bits per heavy atom. The van der Waals surface area contributed by atoms with E-state index in [0.29, 0.717) is 5.57 Å². The van der Waals surface area contributed by atoms with Crippen molar-refractivity contribution in [2.45, 2.75) is 26.7 Å². The molecule has 0 unspecified atom stereocenters. The van der Waals surface area contributed by atoms with Crippen LogP contribution in [0.15, 0.2) is 23.8 Å². The van der Waals surface area contributed by atoms with Crippen LogP contribution >= 0.6 is 0 Å². The lowest BCUT2D eigenvalue weighted by Gasteiger charge is -2.19. The highest BCUT2D eigenvalue weighted by molar-refractivity contribution is 5.89. The van der Waals surface area contributed by atoms with Crippen LogP contribution < -0.4 is 0 Å².